The molecule has 1 aliphatic rings. The molecule has 0 N–H and O–H groups in total. The lowest BCUT2D eigenvalue weighted by Crippen LogP contribution is -2.14. The summed E-state index contributed by atoms with van der Waals surface area (Å²) in [5.74, 6) is -4.90. The van der Waals surface area contributed by atoms with Crippen molar-refractivity contribution in [1.82, 2.24) is 0 Å². The Labute approximate surface area is 92.2 Å². The Balaban J connectivity index is 1.94. The Bertz CT molecular complexity index is 389. The molecule has 0 heterocycles. The number of carbonyl (C=O) groups is 1. The second-order valence-electron chi connectivity index (χ2n) is 4.01. The number of benzene rings is 1. The van der Waals surface area contributed by atoms with E-state index in [9.17, 15) is 13.6 Å². The minimum atomic E-state index is -2.85. The maximum Gasteiger partial charge on any atom is 0.315 e. The molecule has 0 spiro atoms. The van der Waals surface area contributed by atoms with Crippen LogP contribution in [0.4, 0.5) is 8.78 Å². The normalized spacial score (nSPS) is 23.6. The summed E-state index contributed by atoms with van der Waals surface area (Å²) >= 11 is 0. The van der Waals surface area contributed by atoms with Crippen molar-refractivity contribution in [2.24, 2.45) is 5.92 Å². The van der Waals surface area contributed by atoms with Crippen molar-refractivity contribution < 1.29 is 18.3 Å². The van der Waals surface area contributed by atoms with Crippen LogP contribution in [0.1, 0.15) is 25.0 Å². The summed E-state index contributed by atoms with van der Waals surface area (Å²) in [5.41, 5.74) is 0.805. The van der Waals surface area contributed by atoms with Crippen LogP contribution in [0.3, 0.4) is 0 Å². The van der Waals surface area contributed by atoms with Gasteiger partial charge in [-0.3, -0.25) is 4.79 Å². The van der Waals surface area contributed by atoms with Crippen LogP contribution < -0.4 is 0 Å². The molecule has 0 amide bonds. The summed E-state index contributed by atoms with van der Waals surface area (Å²) in [6.45, 7) is 1.67. The van der Waals surface area contributed by atoms with Gasteiger partial charge in [-0.2, -0.15) is 0 Å². The van der Waals surface area contributed by atoms with E-state index in [0.717, 1.165) is 5.56 Å². The molecule has 1 aliphatic carbocycles. The van der Waals surface area contributed by atoms with Crippen molar-refractivity contribution in [3.05, 3.63) is 35.9 Å². The van der Waals surface area contributed by atoms with Crippen LogP contribution in [0.5, 0.6) is 0 Å². The van der Waals surface area contributed by atoms with Gasteiger partial charge in [-0.1, -0.05) is 30.3 Å². The minimum Gasteiger partial charge on any atom is -0.457 e. The van der Waals surface area contributed by atoms with Crippen molar-refractivity contribution in [1.29, 1.82) is 0 Å². The topological polar surface area (TPSA) is 26.3 Å². The van der Waals surface area contributed by atoms with Crippen LogP contribution in [0.15, 0.2) is 30.3 Å². The minimum absolute atomic E-state index is 0.382. The van der Waals surface area contributed by atoms with Gasteiger partial charge in [0.15, 0.2) is 0 Å². The van der Waals surface area contributed by atoms with E-state index >= 15 is 0 Å². The van der Waals surface area contributed by atoms with Gasteiger partial charge in [-0.05, 0) is 12.5 Å². The van der Waals surface area contributed by atoms with E-state index in [0.29, 0.717) is 0 Å². The molecule has 2 nitrogen and oxygen atoms in total. The highest BCUT2D eigenvalue weighted by molar-refractivity contribution is 5.77. The first kappa shape index (κ1) is 11.0. The Morgan fingerprint density at radius 2 is 2.00 bits per heavy atom. The zero-order chi connectivity index (χ0) is 11.8. The molecule has 0 bridgehead atoms. The molecule has 2 atom stereocenters. The first-order valence-electron chi connectivity index (χ1n) is 5.14. The zero-order valence-corrected chi connectivity index (χ0v) is 8.82. The molecule has 86 valence electrons. The third-order valence-electron chi connectivity index (χ3n) is 2.67. The predicted octanol–water partition coefficient (Wildman–Crippen LogP) is 2.95. The summed E-state index contributed by atoms with van der Waals surface area (Å²) in [4.78, 5) is 11.3. The van der Waals surface area contributed by atoms with Gasteiger partial charge < -0.3 is 4.74 Å². The van der Waals surface area contributed by atoms with Crippen molar-refractivity contribution in [3.8, 4) is 0 Å². The molecule has 2 rings (SSSR count). The Morgan fingerprint density at radius 1 is 1.44 bits per heavy atom. The van der Waals surface area contributed by atoms with Crippen molar-refractivity contribution >= 4 is 5.97 Å². The van der Waals surface area contributed by atoms with E-state index < -0.39 is 23.9 Å². The summed E-state index contributed by atoms with van der Waals surface area (Å²) in [5, 5.41) is 0. The Kier molecular flexibility index (Phi) is 2.66. The maximum absolute atomic E-state index is 12.6. The van der Waals surface area contributed by atoms with Gasteiger partial charge in [0.05, 0.1) is 0 Å². The summed E-state index contributed by atoms with van der Waals surface area (Å²) in [6.07, 6.45) is -0.863. The number of hydrogen-bond acceptors (Lipinski definition) is 2. The first-order valence-corrected chi connectivity index (χ1v) is 5.14. The summed E-state index contributed by atoms with van der Waals surface area (Å²) in [6, 6.07) is 9.05. The SMILES string of the molecule is C[C@H](OC(=O)[C@H]1CC1(F)F)c1ccccc1. The molecule has 1 aromatic rings. The number of halogens is 2. The van der Waals surface area contributed by atoms with Crippen LogP contribution in [-0.4, -0.2) is 11.9 Å². The van der Waals surface area contributed by atoms with E-state index in [1.54, 1.807) is 19.1 Å². The number of esters is 1. The van der Waals surface area contributed by atoms with Gasteiger partial charge in [0, 0.05) is 6.42 Å². The molecule has 1 aromatic carbocycles. The molecule has 1 saturated carbocycles. The van der Waals surface area contributed by atoms with Crippen LogP contribution in [0.25, 0.3) is 0 Å². The molecule has 0 unspecified atom stereocenters. The van der Waals surface area contributed by atoms with Crippen molar-refractivity contribution in [2.45, 2.75) is 25.4 Å². The smallest absolute Gasteiger partial charge is 0.315 e. The van der Waals surface area contributed by atoms with Crippen LogP contribution >= 0.6 is 0 Å². The molecule has 16 heavy (non-hydrogen) atoms. The van der Waals surface area contributed by atoms with Gasteiger partial charge >= 0.3 is 5.97 Å². The molecular formula is C12H12F2O2. The lowest BCUT2D eigenvalue weighted by Gasteiger charge is -2.13. The van der Waals surface area contributed by atoms with Gasteiger partial charge in [0.2, 0.25) is 0 Å². The van der Waals surface area contributed by atoms with E-state index in [2.05, 4.69) is 0 Å². The fourth-order valence-corrected chi connectivity index (χ4v) is 1.52. The number of alkyl halides is 2. The lowest BCUT2D eigenvalue weighted by atomic mass is 10.1. The van der Waals surface area contributed by atoms with E-state index in [4.69, 9.17) is 4.74 Å². The van der Waals surface area contributed by atoms with E-state index in [1.165, 1.54) is 0 Å². The van der Waals surface area contributed by atoms with Crippen molar-refractivity contribution in [2.75, 3.05) is 0 Å². The fourth-order valence-electron chi connectivity index (χ4n) is 1.52. The van der Waals surface area contributed by atoms with Gasteiger partial charge in [-0.15, -0.1) is 0 Å². The highest BCUT2D eigenvalue weighted by Crippen LogP contribution is 2.49. The average molecular weight is 226 g/mol. The maximum atomic E-state index is 12.6. The number of hydrogen-bond donors (Lipinski definition) is 0. The third kappa shape index (κ3) is 2.21. The second kappa shape index (κ2) is 3.85. The van der Waals surface area contributed by atoms with Gasteiger partial charge in [-0.25, -0.2) is 8.78 Å². The van der Waals surface area contributed by atoms with E-state index in [-0.39, 0.29) is 6.42 Å². The number of ether oxygens (including phenoxy) is 1. The first-order chi connectivity index (χ1) is 7.50. The fraction of sp³-hybridized carbons (Fsp3) is 0.417. The third-order valence-corrected chi connectivity index (χ3v) is 2.67. The van der Waals surface area contributed by atoms with Crippen LogP contribution in [0.2, 0.25) is 0 Å². The monoisotopic (exact) mass is 226 g/mol. The molecule has 0 radical (unpaired) electrons. The largest absolute Gasteiger partial charge is 0.457 e. The number of carbonyl (C=O) groups excluding carboxylic acids is 1. The second-order valence-corrected chi connectivity index (χ2v) is 4.01. The van der Waals surface area contributed by atoms with Crippen LogP contribution in [-0.2, 0) is 9.53 Å². The number of rotatable bonds is 3. The molecule has 1 fully saturated rings. The molecule has 0 aliphatic heterocycles. The van der Waals surface area contributed by atoms with Gasteiger partial charge in [0.1, 0.15) is 12.0 Å². The van der Waals surface area contributed by atoms with E-state index in [1.807, 2.05) is 18.2 Å². The quantitative estimate of drug-likeness (QED) is 0.741. The highest BCUT2D eigenvalue weighted by atomic mass is 19.3. The van der Waals surface area contributed by atoms with Gasteiger partial charge in [0.25, 0.3) is 5.92 Å². The average Bonchev–Trinajstić information content (AvgIpc) is 2.89. The predicted molar refractivity (Wildman–Crippen MR) is 54.0 cm³/mol. The molecular weight excluding hydrogens is 214 g/mol. The standard InChI is InChI=1S/C12H12F2O2/c1-8(9-5-3-2-4-6-9)16-11(15)10-7-12(10,13)14/h2-6,8,10H,7H2,1H3/t8-,10+/m0/s1. The Hall–Kier alpha value is -1.45. The molecule has 0 aromatic heterocycles. The Morgan fingerprint density at radius 3 is 2.50 bits per heavy atom. The zero-order valence-electron chi connectivity index (χ0n) is 8.82. The summed E-state index contributed by atoms with van der Waals surface area (Å²) < 4.78 is 30.2. The molecule has 4 heteroatoms. The highest BCUT2D eigenvalue weighted by Gasteiger charge is 2.62. The lowest BCUT2D eigenvalue weighted by molar-refractivity contribution is -0.152. The molecule has 0 saturated heterocycles. The summed E-state index contributed by atoms with van der Waals surface area (Å²) in [7, 11) is 0. The van der Waals surface area contributed by atoms with Crippen LogP contribution in [0, 0.1) is 5.92 Å². The van der Waals surface area contributed by atoms with Crippen molar-refractivity contribution in [3.63, 3.8) is 0 Å².